The van der Waals surface area contributed by atoms with Gasteiger partial charge in [0.2, 0.25) is 0 Å². The van der Waals surface area contributed by atoms with Crippen LogP contribution in [0.25, 0.3) is 0 Å². The molecule has 1 aliphatic rings. The molecule has 2 unspecified atom stereocenters. The summed E-state index contributed by atoms with van der Waals surface area (Å²) in [4.78, 5) is 0. The van der Waals surface area contributed by atoms with Crippen LogP contribution >= 0.6 is 15.9 Å². The number of anilines is 1. The molecule has 104 valence electrons. The quantitative estimate of drug-likeness (QED) is 0.852. The van der Waals surface area contributed by atoms with Gasteiger partial charge in [0, 0.05) is 10.2 Å². The van der Waals surface area contributed by atoms with E-state index < -0.39 is 6.10 Å². The molecule has 2 N–H and O–H groups in total. The Kier molecular flexibility index (Phi) is 4.08. The van der Waals surface area contributed by atoms with Crippen LogP contribution in [0.3, 0.4) is 0 Å². The third-order valence-corrected chi connectivity index (χ3v) is 4.32. The predicted octanol–water partition coefficient (Wildman–Crippen LogP) is 4.37. The van der Waals surface area contributed by atoms with Crippen LogP contribution in [0, 0.1) is 5.92 Å². The zero-order valence-corrected chi connectivity index (χ0v) is 12.8. The zero-order valence-electron chi connectivity index (χ0n) is 11.2. The average Bonchev–Trinajstić information content (AvgIpc) is 3.31. The molecule has 0 spiro atoms. The summed E-state index contributed by atoms with van der Waals surface area (Å²) in [5, 5.41) is 14.1. The summed E-state index contributed by atoms with van der Waals surface area (Å²) in [6, 6.07) is 18.1. The molecule has 3 heteroatoms. The third-order valence-electron chi connectivity index (χ3n) is 3.79. The first kappa shape index (κ1) is 13.7. The highest BCUT2D eigenvalue weighted by atomic mass is 79.9. The van der Waals surface area contributed by atoms with Gasteiger partial charge in [-0.15, -0.1) is 0 Å². The molecule has 0 aromatic heterocycles. The minimum absolute atomic E-state index is 0.0820. The summed E-state index contributed by atoms with van der Waals surface area (Å²) < 4.78 is 1.06. The van der Waals surface area contributed by atoms with Gasteiger partial charge < -0.3 is 10.4 Å². The lowest BCUT2D eigenvalue weighted by atomic mass is 9.98. The first-order valence-electron chi connectivity index (χ1n) is 6.99. The van der Waals surface area contributed by atoms with Crippen LogP contribution in [0.2, 0.25) is 0 Å². The van der Waals surface area contributed by atoms with Crippen LogP contribution in [-0.4, -0.2) is 11.1 Å². The first-order chi connectivity index (χ1) is 9.74. The number of hydrogen-bond acceptors (Lipinski definition) is 2. The van der Waals surface area contributed by atoms with Crippen LogP contribution in [0.4, 0.5) is 5.69 Å². The summed E-state index contributed by atoms with van der Waals surface area (Å²) >= 11 is 3.44. The second kappa shape index (κ2) is 5.98. The van der Waals surface area contributed by atoms with E-state index in [-0.39, 0.29) is 6.04 Å². The molecule has 0 heterocycles. The molecule has 20 heavy (non-hydrogen) atoms. The van der Waals surface area contributed by atoms with Crippen molar-refractivity contribution in [3.63, 3.8) is 0 Å². The van der Waals surface area contributed by atoms with Gasteiger partial charge in [0.1, 0.15) is 0 Å². The van der Waals surface area contributed by atoms with Gasteiger partial charge in [0.25, 0.3) is 0 Å². The van der Waals surface area contributed by atoms with E-state index in [1.807, 2.05) is 54.6 Å². The molecule has 2 atom stereocenters. The number of hydrogen-bond donors (Lipinski definition) is 2. The van der Waals surface area contributed by atoms with Crippen molar-refractivity contribution >= 4 is 21.6 Å². The second-order valence-corrected chi connectivity index (χ2v) is 6.29. The number of halogens is 1. The number of rotatable bonds is 5. The monoisotopic (exact) mass is 331 g/mol. The van der Waals surface area contributed by atoms with Crippen molar-refractivity contribution in [3.8, 4) is 0 Å². The van der Waals surface area contributed by atoms with E-state index in [1.54, 1.807) is 0 Å². The Hall–Kier alpha value is -1.32. The van der Waals surface area contributed by atoms with E-state index >= 15 is 0 Å². The van der Waals surface area contributed by atoms with E-state index in [2.05, 4.69) is 21.2 Å². The highest BCUT2D eigenvalue weighted by Crippen LogP contribution is 2.39. The van der Waals surface area contributed by atoms with Gasteiger partial charge in [0.15, 0.2) is 0 Å². The molecule has 0 saturated heterocycles. The van der Waals surface area contributed by atoms with Crippen LogP contribution in [0.5, 0.6) is 0 Å². The highest BCUT2D eigenvalue weighted by molar-refractivity contribution is 9.10. The smallest absolute Gasteiger partial charge is 0.0993 e. The molecule has 1 aliphatic carbocycles. The van der Waals surface area contributed by atoms with Crippen LogP contribution in [0.1, 0.15) is 24.5 Å². The van der Waals surface area contributed by atoms with Crippen molar-refractivity contribution in [2.75, 3.05) is 5.32 Å². The number of benzene rings is 2. The lowest BCUT2D eigenvalue weighted by molar-refractivity contribution is 0.145. The predicted molar refractivity (Wildman–Crippen MR) is 85.7 cm³/mol. The second-order valence-electron chi connectivity index (χ2n) is 5.37. The molecule has 0 radical (unpaired) electrons. The molecular formula is C17H18BrNO. The highest BCUT2D eigenvalue weighted by Gasteiger charge is 2.36. The van der Waals surface area contributed by atoms with E-state index in [4.69, 9.17) is 0 Å². The van der Waals surface area contributed by atoms with Gasteiger partial charge in [-0.05, 0) is 48.6 Å². The fraction of sp³-hybridized carbons (Fsp3) is 0.294. The molecule has 1 fully saturated rings. The molecule has 2 nitrogen and oxygen atoms in total. The molecule has 0 aliphatic heterocycles. The fourth-order valence-corrected chi connectivity index (χ4v) is 2.77. The molecule has 2 aromatic carbocycles. The maximum Gasteiger partial charge on any atom is 0.0993 e. The van der Waals surface area contributed by atoms with Crippen molar-refractivity contribution in [1.82, 2.24) is 0 Å². The normalized spacial score (nSPS) is 17.5. The van der Waals surface area contributed by atoms with Crippen molar-refractivity contribution in [2.45, 2.75) is 25.0 Å². The standard InChI is InChI=1S/C17H18BrNO/c18-14-8-10-15(11-9-14)19-16(12-6-7-12)17(20)13-4-2-1-3-5-13/h1-5,8-12,16-17,19-20H,6-7H2. The van der Waals surface area contributed by atoms with Gasteiger partial charge in [-0.1, -0.05) is 46.3 Å². The van der Waals surface area contributed by atoms with Crippen molar-refractivity contribution in [1.29, 1.82) is 0 Å². The Morgan fingerprint density at radius 2 is 1.65 bits per heavy atom. The van der Waals surface area contributed by atoms with Gasteiger partial charge in [0.05, 0.1) is 12.1 Å². The van der Waals surface area contributed by atoms with E-state index in [0.29, 0.717) is 5.92 Å². The molecule has 3 rings (SSSR count). The van der Waals surface area contributed by atoms with Gasteiger partial charge in [-0.25, -0.2) is 0 Å². The van der Waals surface area contributed by atoms with Crippen molar-refractivity contribution in [2.24, 2.45) is 5.92 Å². The molecular weight excluding hydrogens is 314 g/mol. The zero-order chi connectivity index (χ0) is 13.9. The van der Waals surface area contributed by atoms with Crippen molar-refractivity contribution < 1.29 is 5.11 Å². The average molecular weight is 332 g/mol. The van der Waals surface area contributed by atoms with Crippen LogP contribution < -0.4 is 5.32 Å². The summed E-state index contributed by atoms with van der Waals surface area (Å²) in [5.74, 6) is 0.564. The lowest BCUT2D eigenvalue weighted by Gasteiger charge is -2.25. The number of nitrogens with one attached hydrogen (secondary N) is 1. The summed E-state index contributed by atoms with van der Waals surface area (Å²) in [7, 11) is 0. The fourth-order valence-electron chi connectivity index (χ4n) is 2.51. The lowest BCUT2D eigenvalue weighted by Crippen LogP contribution is -2.29. The van der Waals surface area contributed by atoms with Gasteiger partial charge in [-0.3, -0.25) is 0 Å². The topological polar surface area (TPSA) is 32.3 Å². The Balaban J connectivity index is 1.77. The molecule has 2 aromatic rings. The Morgan fingerprint density at radius 1 is 1.00 bits per heavy atom. The first-order valence-corrected chi connectivity index (χ1v) is 7.78. The molecule has 0 amide bonds. The summed E-state index contributed by atoms with van der Waals surface area (Å²) in [6.07, 6.45) is 1.92. The minimum Gasteiger partial charge on any atom is -0.386 e. The van der Waals surface area contributed by atoms with E-state index in [9.17, 15) is 5.11 Å². The minimum atomic E-state index is -0.465. The van der Waals surface area contributed by atoms with E-state index in [1.165, 1.54) is 12.8 Å². The maximum atomic E-state index is 10.6. The van der Waals surface area contributed by atoms with Gasteiger partial charge in [-0.2, -0.15) is 0 Å². The third kappa shape index (κ3) is 3.22. The summed E-state index contributed by atoms with van der Waals surface area (Å²) in [6.45, 7) is 0. The molecule has 0 bridgehead atoms. The van der Waals surface area contributed by atoms with E-state index in [0.717, 1.165) is 15.7 Å². The van der Waals surface area contributed by atoms with Gasteiger partial charge >= 0.3 is 0 Å². The Labute approximate surface area is 128 Å². The van der Waals surface area contributed by atoms with Crippen LogP contribution in [-0.2, 0) is 0 Å². The molecule has 1 saturated carbocycles. The Morgan fingerprint density at radius 3 is 2.25 bits per heavy atom. The number of aliphatic hydroxyl groups is 1. The Bertz CT molecular complexity index is 551. The summed E-state index contributed by atoms with van der Waals surface area (Å²) in [5.41, 5.74) is 2.04. The SMILES string of the molecule is OC(c1ccccc1)C(Nc1ccc(Br)cc1)C1CC1. The largest absolute Gasteiger partial charge is 0.386 e. The van der Waals surface area contributed by atoms with Crippen LogP contribution in [0.15, 0.2) is 59.1 Å². The van der Waals surface area contributed by atoms with Crippen molar-refractivity contribution in [3.05, 3.63) is 64.6 Å². The number of aliphatic hydroxyl groups excluding tert-OH is 1. The maximum absolute atomic E-state index is 10.6.